The van der Waals surface area contributed by atoms with Crippen molar-refractivity contribution >= 4 is 0 Å². The van der Waals surface area contributed by atoms with Gasteiger partial charge in [-0.1, -0.05) is 34.6 Å². The van der Waals surface area contributed by atoms with Crippen LogP contribution in [-0.4, -0.2) is 29.7 Å². The van der Waals surface area contributed by atoms with Crippen molar-refractivity contribution in [1.82, 2.24) is 29.7 Å². The summed E-state index contributed by atoms with van der Waals surface area (Å²) in [4.78, 5) is 18.1. The summed E-state index contributed by atoms with van der Waals surface area (Å²) in [6, 6.07) is 2.03. The minimum atomic E-state index is -0.0990. The predicted octanol–water partition coefficient (Wildman–Crippen LogP) is 4.15. The molecule has 146 valence electrons. The molecule has 0 aromatic carbocycles. The van der Waals surface area contributed by atoms with Crippen molar-refractivity contribution in [1.29, 1.82) is 0 Å². The lowest BCUT2D eigenvalue weighted by Crippen LogP contribution is -2.22. The molecule has 0 atom stereocenters. The minimum absolute atomic E-state index is 0.0367. The highest BCUT2D eigenvalue weighted by Gasteiger charge is 2.28. The van der Waals surface area contributed by atoms with Gasteiger partial charge in [0, 0.05) is 43.3 Å². The summed E-state index contributed by atoms with van der Waals surface area (Å²) < 4.78 is 1.74. The van der Waals surface area contributed by atoms with Crippen LogP contribution >= 0.6 is 0 Å². The lowest BCUT2D eigenvalue weighted by atomic mass is 9.82. The van der Waals surface area contributed by atoms with E-state index in [1.807, 2.05) is 37.1 Å². The van der Waals surface area contributed by atoms with Crippen LogP contribution in [0.5, 0.6) is 0 Å². The Morgan fingerprint density at radius 3 is 2.07 bits per heavy atom. The second kappa shape index (κ2) is 6.76. The molecule has 0 aliphatic heterocycles. The van der Waals surface area contributed by atoms with Gasteiger partial charge < -0.3 is 0 Å². The van der Waals surface area contributed by atoms with Gasteiger partial charge in [-0.3, -0.25) is 0 Å². The van der Waals surface area contributed by atoms with Gasteiger partial charge in [0.2, 0.25) is 5.95 Å². The van der Waals surface area contributed by atoms with Crippen LogP contribution in [0.15, 0.2) is 37.1 Å². The second-order valence-corrected chi connectivity index (χ2v) is 9.44. The summed E-state index contributed by atoms with van der Waals surface area (Å²) in [6.07, 6.45) is 12.9. The Hall–Kier alpha value is -2.63. The van der Waals surface area contributed by atoms with Crippen molar-refractivity contribution in [2.24, 2.45) is 0 Å². The first-order valence-electron chi connectivity index (χ1n) is 9.92. The van der Waals surface area contributed by atoms with Gasteiger partial charge in [0.1, 0.15) is 5.82 Å². The van der Waals surface area contributed by atoms with Gasteiger partial charge in [-0.25, -0.2) is 24.6 Å². The minimum Gasteiger partial charge on any atom is -0.241 e. The van der Waals surface area contributed by atoms with E-state index >= 15 is 0 Å². The van der Waals surface area contributed by atoms with Gasteiger partial charge in [-0.2, -0.15) is 5.10 Å². The number of rotatable bonds is 5. The maximum Gasteiger partial charge on any atom is 0.250 e. The van der Waals surface area contributed by atoms with Crippen molar-refractivity contribution in [3.8, 4) is 5.95 Å². The molecule has 1 fully saturated rings. The highest BCUT2D eigenvalue weighted by atomic mass is 15.3. The second-order valence-electron chi connectivity index (χ2n) is 9.44. The molecule has 0 saturated heterocycles. The number of aromatic nitrogens is 6. The molecule has 3 aromatic heterocycles. The molecule has 0 radical (unpaired) electrons. The van der Waals surface area contributed by atoms with Crippen molar-refractivity contribution in [3.63, 3.8) is 0 Å². The molecular weight excluding hydrogens is 348 g/mol. The van der Waals surface area contributed by atoms with E-state index in [2.05, 4.69) is 59.7 Å². The Morgan fingerprint density at radius 2 is 1.50 bits per heavy atom. The Kier molecular flexibility index (Phi) is 4.52. The zero-order valence-electron chi connectivity index (χ0n) is 17.3. The van der Waals surface area contributed by atoms with Gasteiger partial charge in [-0.15, -0.1) is 0 Å². The zero-order valence-corrected chi connectivity index (χ0v) is 17.3. The summed E-state index contributed by atoms with van der Waals surface area (Å²) in [5.74, 6) is 2.16. The van der Waals surface area contributed by atoms with E-state index < -0.39 is 0 Å². The lowest BCUT2D eigenvalue weighted by Gasteiger charge is -2.23. The third-order valence-corrected chi connectivity index (χ3v) is 5.37. The van der Waals surface area contributed by atoms with Crippen molar-refractivity contribution < 1.29 is 0 Å². The van der Waals surface area contributed by atoms with E-state index in [0.29, 0.717) is 11.9 Å². The van der Waals surface area contributed by atoms with Crippen LogP contribution in [0, 0.1) is 0 Å². The molecule has 3 heterocycles. The molecule has 0 spiro atoms. The fourth-order valence-corrected chi connectivity index (χ4v) is 3.19. The van der Waals surface area contributed by atoms with Crippen LogP contribution < -0.4 is 0 Å². The average molecular weight is 377 g/mol. The van der Waals surface area contributed by atoms with Crippen LogP contribution in [0.3, 0.4) is 0 Å². The smallest absolute Gasteiger partial charge is 0.241 e. The molecule has 6 heteroatoms. The summed E-state index contributed by atoms with van der Waals surface area (Å²) in [6.45, 7) is 10.9. The summed E-state index contributed by atoms with van der Waals surface area (Å²) in [5, 5.41) is 4.69. The quantitative estimate of drug-likeness (QED) is 0.669. The average Bonchev–Trinajstić information content (AvgIpc) is 3.41. The number of nitrogens with zero attached hydrogens (tertiary/aromatic N) is 6. The highest BCUT2D eigenvalue weighted by molar-refractivity contribution is 5.24. The third kappa shape index (κ3) is 3.96. The SMILES string of the molecule is CC(C)(C)c1cnc(-n2ccc(CC(C)(C)c3cnc(C4CC4)nc3)n2)nc1. The molecule has 0 amide bonds. The fraction of sp³-hybridized carbons (Fsp3) is 0.500. The van der Waals surface area contributed by atoms with Crippen molar-refractivity contribution in [2.45, 2.75) is 70.6 Å². The predicted molar refractivity (Wildman–Crippen MR) is 109 cm³/mol. The molecule has 1 saturated carbocycles. The molecular formula is C22H28N6. The van der Waals surface area contributed by atoms with Crippen LogP contribution in [0.1, 0.15) is 76.0 Å². The summed E-state index contributed by atoms with van der Waals surface area (Å²) in [5.41, 5.74) is 3.18. The summed E-state index contributed by atoms with van der Waals surface area (Å²) >= 11 is 0. The first kappa shape index (κ1) is 18.7. The summed E-state index contributed by atoms with van der Waals surface area (Å²) in [7, 11) is 0. The van der Waals surface area contributed by atoms with Crippen molar-refractivity contribution in [2.75, 3.05) is 0 Å². The maximum absolute atomic E-state index is 4.69. The number of hydrogen-bond donors (Lipinski definition) is 0. The third-order valence-electron chi connectivity index (χ3n) is 5.37. The normalized spacial score (nSPS) is 15.0. The van der Waals surface area contributed by atoms with Crippen LogP contribution in [0.2, 0.25) is 0 Å². The maximum atomic E-state index is 4.69. The lowest BCUT2D eigenvalue weighted by molar-refractivity contribution is 0.507. The molecule has 3 aromatic rings. The van der Waals surface area contributed by atoms with Gasteiger partial charge >= 0.3 is 0 Å². The molecule has 28 heavy (non-hydrogen) atoms. The first-order valence-corrected chi connectivity index (χ1v) is 9.92. The van der Waals surface area contributed by atoms with Gasteiger partial charge in [0.05, 0.1) is 5.69 Å². The monoisotopic (exact) mass is 376 g/mol. The van der Waals surface area contributed by atoms with Crippen LogP contribution in [-0.2, 0) is 17.3 Å². The van der Waals surface area contributed by atoms with Crippen LogP contribution in [0.4, 0.5) is 0 Å². The van der Waals surface area contributed by atoms with Gasteiger partial charge in [-0.05, 0) is 40.9 Å². The Balaban J connectivity index is 1.49. The molecule has 0 bridgehead atoms. The molecule has 1 aliphatic carbocycles. The van der Waals surface area contributed by atoms with Crippen molar-refractivity contribution in [3.05, 3.63) is 59.7 Å². The largest absolute Gasteiger partial charge is 0.250 e. The van der Waals surface area contributed by atoms with E-state index in [4.69, 9.17) is 0 Å². The topological polar surface area (TPSA) is 69.4 Å². The molecule has 0 N–H and O–H groups in total. The zero-order chi connectivity index (χ0) is 19.9. The Bertz CT molecular complexity index is 944. The molecule has 1 aliphatic rings. The first-order chi connectivity index (χ1) is 13.2. The van der Waals surface area contributed by atoms with E-state index in [1.54, 1.807) is 4.68 Å². The fourth-order valence-electron chi connectivity index (χ4n) is 3.19. The standard InChI is InChI=1S/C22H28N6/c1-21(2,3)16-11-25-20(26-12-16)28-9-8-18(27-28)10-22(4,5)17-13-23-19(24-14-17)15-6-7-15/h8-9,11-15H,6-7,10H2,1-5H3. The van der Waals surface area contributed by atoms with Crippen LogP contribution in [0.25, 0.3) is 5.95 Å². The van der Waals surface area contributed by atoms with E-state index in [1.165, 1.54) is 12.8 Å². The number of hydrogen-bond acceptors (Lipinski definition) is 5. The van der Waals surface area contributed by atoms with E-state index in [9.17, 15) is 0 Å². The Labute approximate surface area is 166 Å². The van der Waals surface area contributed by atoms with Gasteiger partial charge in [0.15, 0.2) is 0 Å². The molecule has 0 unspecified atom stereocenters. The molecule has 4 rings (SSSR count). The molecule has 6 nitrogen and oxygen atoms in total. The van der Waals surface area contributed by atoms with Gasteiger partial charge in [0.25, 0.3) is 0 Å². The van der Waals surface area contributed by atoms with E-state index in [0.717, 1.165) is 29.1 Å². The highest BCUT2D eigenvalue weighted by Crippen LogP contribution is 2.38. The van der Waals surface area contributed by atoms with E-state index in [-0.39, 0.29) is 10.8 Å². The Morgan fingerprint density at radius 1 is 0.893 bits per heavy atom.